The summed E-state index contributed by atoms with van der Waals surface area (Å²) in [5.74, 6) is 0.944. The van der Waals surface area contributed by atoms with Crippen molar-refractivity contribution in [1.82, 2.24) is 9.97 Å². The smallest absolute Gasteiger partial charge is 0.349 e. The van der Waals surface area contributed by atoms with Crippen LogP contribution in [-0.2, 0) is 0 Å². The Morgan fingerprint density at radius 1 is 0.970 bits per heavy atom. The summed E-state index contributed by atoms with van der Waals surface area (Å²) in [6, 6.07) is 17.7. The Balaban J connectivity index is 1.30. The molecule has 1 saturated heterocycles. The SMILES string of the molecule is Cc1cc(Nc2ccc(NC(=O)c3cc4ccccc4oc3=O)cc2)nc(N2CCCC2)n1. The summed E-state index contributed by atoms with van der Waals surface area (Å²) in [5.41, 5.74) is 2.02. The Morgan fingerprint density at radius 3 is 2.48 bits per heavy atom. The third kappa shape index (κ3) is 4.55. The number of nitrogens with zero attached hydrogens (tertiary/aromatic N) is 3. The van der Waals surface area contributed by atoms with Crippen LogP contribution in [0.3, 0.4) is 0 Å². The van der Waals surface area contributed by atoms with Gasteiger partial charge in [-0.05, 0) is 56.2 Å². The molecule has 0 bridgehead atoms. The van der Waals surface area contributed by atoms with E-state index in [-0.39, 0.29) is 5.56 Å². The monoisotopic (exact) mass is 441 g/mol. The van der Waals surface area contributed by atoms with E-state index in [9.17, 15) is 9.59 Å². The topological polar surface area (TPSA) is 100 Å². The van der Waals surface area contributed by atoms with Crippen molar-refractivity contribution < 1.29 is 9.21 Å². The molecule has 2 N–H and O–H groups in total. The van der Waals surface area contributed by atoms with Crippen LogP contribution in [0.2, 0.25) is 0 Å². The number of nitrogens with one attached hydrogen (secondary N) is 2. The maximum Gasteiger partial charge on any atom is 0.349 e. The number of rotatable bonds is 5. The molecule has 3 heterocycles. The first-order chi connectivity index (χ1) is 16.0. The number of anilines is 4. The van der Waals surface area contributed by atoms with Crippen molar-refractivity contribution in [2.24, 2.45) is 0 Å². The van der Waals surface area contributed by atoms with Crippen LogP contribution >= 0.6 is 0 Å². The average Bonchev–Trinajstić information content (AvgIpc) is 3.35. The molecule has 1 fully saturated rings. The number of fused-ring (bicyclic) bond motifs is 1. The highest BCUT2D eigenvalue weighted by atomic mass is 16.4. The molecule has 5 rings (SSSR count). The van der Waals surface area contributed by atoms with Crippen LogP contribution in [0.5, 0.6) is 0 Å². The minimum Gasteiger partial charge on any atom is -0.422 e. The third-order valence-electron chi connectivity index (χ3n) is 5.53. The number of carbonyl (C=O) groups is 1. The fourth-order valence-electron chi connectivity index (χ4n) is 3.88. The van der Waals surface area contributed by atoms with Gasteiger partial charge in [-0.15, -0.1) is 0 Å². The number of aryl methyl sites for hydroxylation is 1. The molecule has 0 atom stereocenters. The first-order valence-corrected chi connectivity index (χ1v) is 10.9. The number of hydrogen-bond acceptors (Lipinski definition) is 7. The lowest BCUT2D eigenvalue weighted by atomic mass is 10.1. The van der Waals surface area contributed by atoms with Gasteiger partial charge in [-0.1, -0.05) is 18.2 Å². The molecule has 1 amide bonds. The molecule has 2 aromatic heterocycles. The summed E-state index contributed by atoms with van der Waals surface area (Å²) in [7, 11) is 0. The fraction of sp³-hybridized carbons (Fsp3) is 0.200. The molecule has 1 aliphatic heterocycles. The van der Waals surface area contributed by atoms with Crippen LogP contribution in [0, 0.1) is 6.92 Å². The van der Waals surface area contributed by atoms with Crippen molar-refractivity contribution in [1.29, 1.82) is 0 Å². The molecule has 2 aromatic carbocycles. The first-order valence-electron chi connectivity index (χ1n) is 10.9. The van der Waals surface area contributed by atoms with E-state index >= 15 is 0 Å². The normalized spacial score (nSPS) is 13.3. The lowest BCUT2D eigenvalue weighted by Gasteiger charge is -2.17. The van der Waals surface area contributed by atoms with Gasteiger partial charge in [-0.25, -0.2) is 9.78 Å². The van der Waals surface area contributed by atoms with E-state index in [4.69, 9.17) is 4.42 Å². The van der Waals surface area contributed by atoms with E-state index in [1.807, 2.05) is 31.2 Å². The number of benzene rings is 2. The number of amides is 1. The zero-order valence-electron chi connectivity index (χ0n) is 18.2. The van der Waals surface area contributed by atoms with E-state index in [1.165, 1.54) is 0 Å². The Labute approximate surface area is 190 Å². The predicted octanol–water partition coefficient (Wildman–Crippen LogP) is 4.49. The molecule has 8 nitrogen and oxygen atoms in total. The molecule has 0 unspecified atom stereocenters. The standard InChI is InChI=1S/C25H23N5O3/c1-16-14-22(29-25(26-16)30-12-4-5-13-30)27-18-8-10-19(11-9-18)28-23(31)20-15-17-6-2-3-7-21(17)33-24(20)32/h2-3,6-11,14-15H,4-5,12-13H2,1H3,(H,28,31)(H,26,27,29). The second kappa shape index (κ2) is 8.74. The molecule has 0 radical (unpaired) electrons. The molecular weight excluding hydrogens is 418 g/mol. The number of para-hydroxylation sites is 1. The molecule has 166 valence electrons. The van der Waals surface area contributed by atoms with Gasteiger partial charge in [0.25, 0.3) is 5.91 Å². The lowest BCUT2D eigenvalue weighted by molar-refractivity contribution is 0.102. The minimum atomic E-state index is -0.669. The molecule has 0 spiro atoms. The molecule has 8 heteroatoms. The van der Waals surface area contributed by atoms with Crippen LogP contribution in [-0.4, -0.2) is 29.0 Å². The highest BCUT2D eigenvalue weighted by Crippen LogP contribution is 2.22. The molecule has 0 aliphatic carbocycles. The number of carbonyl (C=O) groups excluding carboxylic acids is 1. The van der Waals surface area contributed by atoms with Crippen molar-refractivity contribution in [2.45, 2.75) is 19.8 Å². The molecule has 4 aromatic rings. The van der Waals surface area contributed by atoms with Crippen LogP contribution in [0.4, 0.5) is 23.1 Å². The van der Waals surface area contributed by atoms with E-state index < -0.39 is 11.5 Å². The second-order valence-electron chi connectivity index (χ2n) is 8.03. The summed E-state index contributed by atoms with van der Waals surface area (Å²) >= 11 is 0. The summed E-state index contributed by atoms with van der Waals surface area (Å²) < 4.78 is 5.25. The summed E-state index contributed by atoms with van der Waals surface area (Å²) in [4.78, 5) is 36.3. The van der Waals surface area contributed by atoms with Crippen molar-refractivity contribution in [3.05, 3.63) is 82.3 Å². The molecule has 33 heavy (non-hydrogen) atoms. The van der Waals surface area contributed by atoms with E-state index in [1.54, 1.807) is 36.4 Å². The average molecular weight is 441 g/mol. The maximum atomic E-state index is 12.6. The van der Waals surface area contributed by atoms with Crippen molar-refractivity contribution >= 4 is 40.0 Å². The van der Waals surface area contributed by atoms with E-state index in [0.29, 0.717) is 16.7 Å². The number of hydrogen-bond donors (Lipinski definition) is 2. The Kier molecular flexibility index (Phi) is 5.48. The molecule has 0 saturated carbocycles. The van der Waals surface area contributed by atoms with E-state index in [0.717, 1.165) is 49.1 Å². The first kappa shape index (κ1) is 20.7. The Bertz CT molecular complexity index is 1380. The van der Waals surface area contributed by atoms with Gasteiger partial charge in [-0.3, -0.25) is 4.79 Å². The van der Waals surface area contributed by atoms with Crippen LogP contribution in [0.15, 0.2) is 69.9 Å². The molecular formula is C25H23N5O3. The maximum absolute atomic E-state index is 12.6. The molecule has 1 aliphatic rings. The quantitative estimate of drug-likeness (QED) is 0.440. The highest BCUT2D eigenvalue weighted by Gasteiger charge is 2.16. The summed E-state index contributed by atoms with van der Waals surface area (Å²) in [5, 5.41) is 6.74. The van der Waals surface area contributed by atoms with Crippen LogP contribution < -0.4 is 21.2 Å². The van der Waals surface area contributed by atoms with Gasteiger partial charge in [0.05, 0.1) is 0 Å². The van der Waals surface area contributed by atoms with Gasteiger partial charge in [0.15, 0.2) is 0 Å². The fourth-order valence-corrected chi connectivity index (χ4v) is 3.88. The van der Waals surface area contributed by atoms with Crippen molar-refractivity contribution in [3.8, 4) is 0 Å². The Hall–Kier alpha value is -4.20. The largest absolute Gasteiger partial charge is 0.422 e. The zero-order chi connectivity index (χ0) is 22.8. The van der Waals surface area contributed by atoms with Gasteiger partial charge in [0.2, 0.25) is 5.95 Å². The van der Waals surface area contributed by atoms with Crippen LogP contribution in [0.25, 0.3) is 11.0 Å². The van der Waals surface area contributed by atoms with Gasteiger partial charge in [0, 0.05) is 41.6 Å². The van der Waals surface area contributed by atoms with Crippen molar-refractivity contribution in [2.75, 3.05) is 28.6 Å². The summed E-state index contributed by atoms with van der Waals surface area (Å²) in [6.07, 6.45) is 2.32. The zero-order valence-corrected chi connectivity index (χ0v) is 18.2. The van der Waals surface area contributed by atoms with Gasteiger partial charge in [0.1, 0.15) is 17.0 Å². The van der Waals surface area contributed by atoms with Crippen molar-refractivity contribution in [3.63, 3.8) is 0 Å². The third-order valence-corrected chi connectivity index (χ3v) is 5.53. The van der Waals surface area contributed by atoms with E-state index in [2.05, 4.69) is 25.5 Å². The Morgan fingerprint density at radius 2 is 1.70 bits per heavy atom. The van der Waals surface area contributed by atoms with Crippen LogP contribution in [0.1, 0.15) is 28.9 Å². The second-order valence-corrected chi connectivity index (χ2v) is 8.03. The number of aromatic nitrogens is 2. The van der Waals surface area contributed by atoms with Gasteiger partial charge >= 0.3 is 5.63 Å². The predicted molar refractivity (Wildman–Crippen MR) is 128 cm³/mol. The highest BCUT2D eigenvalue weighted by molar-refractivity contribution is 6.05. The lowest BCUT2D eigenvalue weighted by Crippen LogP contribution is -2.21. The van der Waals surface area contributed by atoms with Gasteiger partial charge in [-0.2, -0.15) is 4.98 Å². The van der Waals surface area contributed by atoms with Gasteiger partial charge < -0.3 is 20.0 Å². The minimum absolute atomic E-state index is 0.0400. The summed E-state index contributed by atoms with van der Waals surface area (Å²) in [6.45, 7) is 3.91.